The van der Waals surface area contributed by atoms with Gasteiger partial charge in [-0.3, -0.25) is 39.0 Å². The molecule has 5 aliphatic rings. The van der Waals surface area contributed by atoms with E-state index in [-0.39, 0.29) is 63.5 Å². The predicted molar refractivity (Wildman–Crippen MR) is 211 cm³/mol. The molecule has 1 saturated heterocycles. The van der Waals surface area contributed by atoms with E-state index >= 15 is 0 Å². The zero-order valence-corrected chi connectivity index (χ0v) is 33.9. The second-order valence-electron chi connectivity index (χ2n) is 16.1. The van der Waals surface area contributed by atoms with Gasteiger partial charge in [0, 0.05) is 54.0 Å². The van der Waals surface area contributed by atoms with Crippen molar-refractivity contribution in [2.24, 2.45) is 0 Å². The molecule has 0 bridgehead atoms. The van der Waals surface area contributed by atoms with E-state index in [2.05, 4.69) is 15.3 Å². The number of hydrogen-bond acceptors (Lipinski definition) is 10. The minimum Gasteiger partial charge on any atom is -0.473 e. The fourth-order valence-corrected chi connectivity index (χ4v) is 8.48. The number of imide groups is 2. The molecule has 3 aromatic carbocycles. The second-order valence-corrected chi connectivity index (χ2v) is 16.1. The molecule has 0 atom stereocenters. The molecule has 302 valence electrons. The minimum atomic E-state index is -1.44. The van der Waals surface area contributed by atoms with Crippen LogP contribution in [0.15, 0.2) is 53.3 Å². The molecule has 0 radical (unpaired) electrons. The maximum Gasteiger partial charge on any atom is 0.327 e. The zero-order valence-electron chi connectivity index (χ0n) is 32.8. The first-order valence-corrected chi connectivity index (χ1v) is 19.5. The van der Waals surface area contributed by atoms with Crippen molar-refractivity contribution in [3.05, 3.63) is 92.5 Å². The van der Waals surface area contributed by atoms with Crippen LogP contribution in [0, 0.1) is 0 Å². The van der Waals surface area contributed by atoms with E-state index < -0.39 is 52.3 Å². The average molecular weight is 829 g/mol. The molecular weight excluding hydrogens is 784 g/mol. The fourth-order valence-electron chi connectivity index (χ4n) is 8.48. The summed E-state index contributed by atoms with van der Waals surface area (Å²) in [5, 5.41) is 2.57. The van der Waals surface area contributed by atoms with Crippen LogP contribution in [0.1, 0.15) is 136 Å². The van der Waals surface area contributed by atoms with Crippen molar-refractivity contribution in [3.63, 3.8) is 0 Å². The quantitative estimate of drug-likeness (QED) is 0.0940. The number of hydrogen-bond donors (Lipinski definition) is 2. The van der Waals surface area contributed by atoms with Crippen molar-refractivity contribution in [3.8, 4) is 5.75 Å². The summed E-state index contributed by atoms with van der Waals surface area (Å²) in [5.74, 6) is -4.27. The summed E-state index contributed by atoms with van der Waals surface area (Å²) in [4.78, 5) is 105. The van der Waals surface area contributed by atoms with Crippen LogP contribution in [0.25, 0.3) is 10.9 Å². The maximum absolute atomic E-state index is 14.1. The van der Waals surface area contributed by atoms with Crippen molar-refractivity contribution in [2.45, 2.75) is 89.0 Å². The van der Waals surface area contributed by atoms with E-state index in [9.17, 15) is 33.6 Å². The van der Waals surface area contributed by atoms with Crippen LogP contribution >= 0.6 is 0 Å². The van der Waals surface area contributed by atoms with Crippen molar-refractivity contribution in [1.82, 2.24) is 20.2 Å². The number of nitrogens with one attached hydrogen (secondary N) is 2. The third-order valence-corrected chi connectivity index (χ3v) is 11.9. The molecule has 14 nitrogen and oxygen atoms in total. The molecule has 3 aliphatic carbocycles. The number of fused-ring (bicyclic) bond motifs is 3. The van der Waals surface area contributed by atoms with Gasteiger partial charge in [0.25, 0.3) is 23.3 Å². The molecule has 2 N–H and O–H groups in total. The van der Waals surface area contributed by atoms with Gasteiger partial charge < -0.3 is 14.6 Å². The number of urea groups is 1. The molecule has 2 saturated carbocycles. The van der Waals surface area contributed by atoms with Crippen molar-refractivity contribution < 1.29 is 50.6 Å². The third-order valence-electron chi connectivity index (χ3n) is 11.9. The minimum absolute atomic E-state index is 0. The number of ketones is 2. The summed E-state index contributed by atoms with van der Waals surface area (Å²) in [7, 11) is 3.67. The first-order chi connectivity index (χ1) is 27.3. The summed E-state index contributed by atoms with van der Waals surface area (Å²) in [6, 6.07) is 12.1. The number of H-pyrrole nitrogens is 1. The van der Waals surface area contributed by atoms with Crippen LogP contribution in [0.3, 0.4) is 0 Å². The number of aromatic amines is 1. The Morgan fingerprint density at radius 2 is 1.38 bits per heavy atom. The van der Waals surface area contributed by atoms with Crippen LogP contribution < -0.4 is 25.4 Å². The van der Waals surface area contributed by atoms with Crippen molar-refractivity contribution in [1.29, 1.82) is 0 Å². The van der Waals surface area contributed by atoms with Crippen molar-refractivity contribution in [2.75, 3.05) is 30.6 Å². The largest absolute Gasteiger partial charge is 0.473 e. The number of anilines is 2. The SMILES string of the molecule is C1CCCC1.CN(C)c1ccc2nc(C3C(=O)c4cc5c(cc4C3=O)C(=O)N(c3cc(OCN4C(=O)NC(=O)C4(C)C)ccc3C3CCCC3)C5=O)[nH]c(=O)c2c1.[Fe]. The molecule has 3 heterocycles. The summed E-state index contributed by atoms with van der Waals surface area (Å²) in [6.45, 7) is 2.93. The van der Waals surface area contributed by atoms with Gasteiger partial charge in [-0.1, -0.05) is 51.0 Å². The number of benzene rings is 3. The smallest absolute Gasteiger partial charge is 0.327 e. The van der Waals surface area contributed by atoms with Crippen LogP contribution in [0.5, 0.6) is 5.75 Å². The third kappa shape index (κ3) is 6.89. The Bertz CT molecular complexity index is 2400. The van der Waals surface area contributed by atoms with Crippen LogP contribution in [0.2, 0.25) is 0 Å². The number of aromatic nitrogens is 2. The number of carbonyl (C=O) groups excluding carboxylic acids is 6. The van der Waals surface area contributed by atoms with Crippen LogP contribution in [0.4, 0.5) is 16.2 Å². The molecule has 4 aromatic rings. The molecule has 5 amide bonds. The van der Waals surface area contributed by atoms with Gasteiger partial charge in [-0.15, -0.1) is 0 Å². The molecule has 3 fully saturated rings. The molecule has 0 spiro atoms. The second kappa shape index (κ2) is 15.6. The van der Waals surface area contributed by atoms with Gasteiger partial charge in [0.05, 0.1) is 27.7 Å². The Morgan fingerprint density at radius 3 is 1.93 bits per heavy atom. The predicted octanol–water partition coefficient (Wildman–Crippen LogP) is 6.22. The number of nitrogens with zero attached hydrogens (tertiary/aromatic N) is 4. The normalized spacial score (nSPS) is 18.7. The number of amides is 5. The maximum atomic E-state index is 14.1. The Morgan fingerprint density at radius 1 is 0.776 bits per heavy atom. The first kappa shape index (κ1) is 40.5. The van der Waals surface area contributed by atoms with Crippen molar-refractivity contribution >= 4 is 57.6 Å². The molecular formula is C43H44FeN6O8. The van der Waals surface area contributed by atoms with E-state index in [1.807, 2.05) is 19.0 Å². The molecule has 2 aliphatic heterocycles. The summed E-state index contributed by atoms with van der Waals surface area (Å²) >= 11 is 0. The number of carbonyl (C=O) groups is 6. The Labute approximate surface area is 345 Å². The van der Waals surface area contributed by atoms with E-state index in [0.717, 1.165) is 41.8 Å². The summed E-state index contributed by atoms with van der Waals surface area (Å²) < 4.78 is 5.95. The first-order valence-electron chi connectivity index (χ1n) is 19.5. The molecule has 1 aromatic heterocycles. The van der Waals surface area contributed by atoms with Gasteiger partial charge in [0.1, 0.15) is 23.0 Å². The van der Waals surface area contributed by atoms with Crippen LogP contribution in [-0.2, 0) is 21.9 Å². The van der Waals surface area contributed by atoms with Gasteiger partial charge in [0.15, 0.2) is 18.3 Å². The Kier molecular flexibility index (Phi) is 10.9. The van der Waals surface area contributed by atoms with Gasteiger partial charge in [0.2, 0.25) is 0 Å². The number of ether oxygens (including phenoxy) is 1. The molecule has 15 heteroatoms. The molecule has 0 unspecified atom stereocenters. The Hall–Kier alpha value is -5.66. The topological polar surface area (TPSA) is 179 Å². The van der Waals surface area contributed by atoms with Gasteiger partial charge in [-0.25, -0.2) is 14.7 Å². The van der Waals surface area contributed by atoms with E-state index in [1.165, 1.54) is 49.1 Å². The van der Waals surface area contributed by atoms with Gasteiger partial charge in [-0.05, 0) is 74.6 Å². The number of rotatable bonds is 7. The van der Waals surface area contributed by atoms with E-state index in [4.69, 9.17) is 4.74 Å². The van der Waals surface area contributed by atoms with Crippen LogP contribution in [-0.4, -0.2) is 76.6 Å². The monoisotopic (exact) mass is 828 g/mol. The van der Waals surface area contributed by atoms with E-state index in [0.29, 0.717) is 16.6 Å². The summed E-state index contributed by atoms with van der Waals surface area (Å²) in [6.07, 6.45) is 11.2. The fraction of sp³-hybridized carbons (Fsp3) is 0.395. The Balaban J connectivity index is 0.000000794. The van der Waals surface area contributed by atoms with E-state index in [1.54, 1.807) is 50.2 Å². The average Bonchev–Trinajstić information content (AvgIpc) is 4.03. The standard InChI is InChI=1S/C38H34N6O8.C5H10.Fe/c1-38(2)36(50)41-37(51)43(38)17-52-20-10-11-21(18-7-5-6-8-18)28(14-20)44-34(48)24-15-22-23(16-25(24)35(44)49)31(46)29(30(22)45)32-39-27-12-9-19(42(3)4)13-26(27)33(47)40-32;1-2-4-5-3-1;/h9-16,18,29H,5-8,17H2,1-4H3,(H,39,40,47)(H,41,50,51);1-5H2;. The van der Waals surface area contributed by atoms with Gasteiger partial charge in [-0.2, -0.15) is 0 Å². The number of Topliss-reactive ketones (excluding diaryl/α,β-unsaturated/α-hetero) is 2. The molecule has 9 rings (SSSR count). The zero-order chi connectivity index (χ0) is 40.3. The van der Waals surface area contributed by atoms with Gasteiger partial charge >= 0.3 is 6.03 Å². The molecule has 58 heavy (non-hydrogen) atoms. The summed E-state index contributed by atoms with van der Waals surface area (Å²) in [5.41, 5.74) is 0.408.